The molecule has 2 atom stereocenters. The quantitative estimate of drug-likeness (QED) is 0.834. The molecule has 1 aliphatic heterocycles. The smallest absolute Gasteiger partial charge is 0.246 e. The van der Waals surface area contributed by atoms with E-state index in [-0.39, 0.29) is 12.0 Å². The largest absolute Gasteiger partial charge is 0.367 e. The Hall–Kier alpha value is -1.59. The van der Waals surface area contributed by atoms with Crippen molar-refractivity contribution in [1.82, 2.24) is 5.32 Å². The molecule has 1 aromatic carbocycles. The van der Waals surface area contributed by atoms with E-state index in [9.17, 15) is 9.59 Å². The van der Waals surface area contributed by atoms with Crippen LogP contribution in [0.2, 0.25) is 5.02 Å². The molecule has 1 heterocycles. The molecule has 0 unspecified atom stereocenters. The zero-order chi connectivity index (χ0) is 15.2. The van der Waals surface area contributed by atoms with E-state index < -0.39 is 12.0 Å². The third-order valence-electron chi connectivity index (χ3n) is 3.51. The number of carbonyl (C=O) groups excluding carboxylic acids is 2. The van der Waals surface area contributed by atoms with Gasteiger partial charge in [0.05, 0.1) is 6.10 Å². The molecule has 21 heavy (non-hydrogen) atoms. The number of primary amides is 1. The van der Waals surface area contributed by atoms with E-state index in [2.05, 4.69) is 5.32 Å². The van der Waals surface area contributed by atoms with Gasteiger partial charge in [0.25, 0.3) is 0 Å². The number of aryl methyl sites for hydroxylation is 1. The van der Waals surface area contributed by atoms with Crippen molar-refractivity contribution in [2.24, 2.45) is 5.73 Å². The number of carbonyl (C=O) groups is 2. The summed E-state index contributed by atoms with van der Waals surface area (Å²) in [6, 6.07) is 7.44. The SMILES string of the molecule is NC(=O)[C@@H]1CC[C@@H](CNC(=O)CCc2ccc(Cl)cc2)O1. The fourth-order valence-corrected chi connectivity index (χ4v) is 2.42. The number of halogens is 1. The molecule has 2 rings (SSSR count). The summed E-state index contributed by atoms with van der Waals surface area (Å²) in [6.45, 7) is 0.420. The van der Waals surface area contributed by atoms with Gasteiger partial charge in [0.15, 0.2) is 0 Å². The summed E-state index contributed by atoms with van der Waals surface area (Å²) in [5.41, 5.74) is 6.25. The van der Waals surface area contributed by atoms with Crippen LogP contribution in [-0.4, -0.2) is 30.6 Å². The van der Waals surface area contributed by atoms with Gasteiger partial charge in [0.2, 0.25) is 11.8 Å². The third kappa shape index (κ3) is 5.02. The molecule has 0 radical (unpaired) electrons. The molecule has 1 saturated heterocycles. The minimum Gasteiger partial charge on any atom is -0.367 e. The minimum absolute atomic E-state index is 0.0314. The van der Waals surface area contributed by atoms with Crippen LogP contribution in [-0.2, 0) is 20.7 Å². The van der Waals surface area contributed by atoms with Gasteiger partial charge in [-0.2, -0.15) is 0 Å². The second kappa shape index (κ2) is 7.43. The van der Waals surface area contributed by atoms with Gasteiger partial charge in [-0.05, 0) is 37.0 Å². The topological polar surface area (TPSA) is 81.4 Å². The van der Waals surface area contributed by atoms with Crippen molar-refractivity contribution in [3.8, 4) is 0 Å². The first-order chi connectivity index (χ1) is 10.0. The lowest BCUT2D eigenvalue weighted by Gasteiger charge is -2.12. The molecule has 0 aliphatic carbocycles. The van der Waals surface area contributed by atoms with Crippen LogP contribution < -0.4 is 11.1 Å². The predicted molar refractivity (Wildman–Crippen MR) is 79.9 cm³/mol. The molecule has 0 saturated carbocycles. The maximum atomic E-state index is 11.8. The van der Waals surface area contributed by atoms with E-state index in [1.807, 2.05) is 24.3 Å². The van der Waals surface area contributed by atoms with E-state index in [0.29, 0.717) is 30.8 Å². The summed E-state index contributed by atoms with van der Waals surface area (Å²) in [6.07, 6.45) is 1.81. The number of benzene rings is 1. The second-order valence-electron chi connectivity index (χ2n) is 5.16. The summed E-state index contributed by atoms with van der Waals surface area (Å²) in [4.78, 5) is 22.7. The summed E-state index contributed by atoms with van der Waals surface area (Å²) < 4.78 is 5.45. The number of ether oxygens (including phenoxy) is 1. The van der Waals surface area contributed by atoms with Crippen LogP contribution in [0, 0.1) is 0 Å². The van der Waals surface area contributed by atoms with Crippen LogP contribution in [0.15, 0.2) is 24.3 Å². The molecule has 2 amide bonds. The summed E-state index contributed by atoms with van der Waals surface area (Å²) >= 11 is 5.80. The van der Waals surface area contributed by atoms with Crippen LogP contribution in [0.1, 0.15) is 24.8 Å². The van der Waals surface area contributed by atoms with Gasteiger partial charge in [-0.1, -0.05) is 23.7 Å². The normalized spacial score (nSPS) is 21.2. The molecule has 1 aliphatic rings. The second-order valence-corrected chi connectivity index (χ2v) is 5.59. The third-order valence-corrected chi connectivity index (χ3v) is 3.76. The maximum absolute atomic E-state index is 11.8. The molecular formula is C15H19ClN2O3. The first-order valence-corrected chi connectivity index (χ1v) is 7.38. The van der Waals surface area contributed by atoms with Crippen molar-refractivity contribution in [2.75, 3.05) is 6.54 Å². The average Bonchev–Trinajstić information content (AvgIpc) is 2.93. The molecule has 114 valence electrons. The van der Waals surface area contributed by atoms with Crippen molar-refractivity contribution in [1.29, 1.82) is 0 Å². The van der Waals surface area contributed by atoms with Gasteiger partial charge >= 0.3 is 0 Å². The van der Waals surface area contributed by atoms with Crippen molar-refractivity contribution in [3.05, 3.63) is 34.9 Å². The monoisotopic (exact) mass is 310 g/mol. The Bertz CT molecular complexity index is 504. The molecule has 1 fully saturated rings. The van der Waals surface area contributed by atoms with E-state index in [4.69, 9.17) is 22.1 Å². The summed E-state index contributed by atoms with van der Waals surface area (Å²) in [5, 5.41) is 3.51. The van der Waals surface area contributed by atoms with E-state index in [0.717, 1.165) is 12.0 Å². The number of hydrogen-bond donors (Lipinski definition) is 2. The average molecular weight is 311 g/mol. The zero-order valence-electron chi connectivity index (χ0n) is 11.7. The molecule has 0 bridgehead atoms. The van der Waals surface area contributed by atoms with Gasteiger partial charge in [-0.25, -0.2) is 0 Å². The number of amides is 2. The number of nitrogens with two attached hydrogens (primary N) is 1. The Morgan fingerprint density at radius 2 is 2.00 bits per heavy atom. The Morgan fingerprint density at radius 3 is 2.62 bits per heavy atom. The van der Waals surface area contributed by atoms with Crippen LogP contribution in [0.25, 0.3) is 0 Å². The lowest BCUT2D eigenvalue weighted by Crippen LogP contribution is -2.34. The maximum Gasteiger partial charge on any atom is 0.246 e. The first kappa shape index (κ1) is 15.8. The van der Waals surface area contributed by atoms with Crippen molar-refractivity contribution in [2.45, 2.75) is 37.9 Å². The predicted octanol–water partition coefficient (Wildman–Crippen LogP) is 1.42. The lowest BCUT2D eigenvalue weighted by atomic mass is 10.1. The van der Waals surface area contributed by atoms with E-state index >= 15 is 0 Å². The van der Waals surface area contributed by atoms with Gasteiger partial charge in [0.1, 0.15) is 6.10 Å². The Labute approximate surface area is 128 Å². The molecule has 5 nitrogen and oxygen atoms in total. The van der Waals surface area contributed by atoms with Gasteiger partial charge in [-0.15, -0.1) is 0 Å². The van der Waals surface area contributed by atoms with E-state index in [1.165, 1.54) is 0 Å². The molecule has 0 spiro atoms. The fourth-order valence-electron chi connectivity index (χ4n) is 2.29. The van der Waals surface area contributed by atoms with E-state index in [1.54, 1.807) is 0 Å². The lowest BCUT2D eigenvalue weighted by molar-refractivity contribution is -0.128. The van der Waals surface area contributed by atoms with Crippen molar-refractivity contribution in [3.63, 3.8) is 0 Å². The molecule has 6 heteroatoms. The Morgan fingerprint density at radius 1 is 1.29 bits per heavy atom. The standard InChI is InChI=1S/C15H19ClN2O3/c16-11-4-1-10(2-5-11)3-8-14(19)18-9-12-6-7-13(21-12)15(17)20/h1-2,4-5,12-13H,3,6-9H2,(H2,17,20)(H,18,19)/t12-,13-/m0/s1. The summed E-state index contributed by atoms with van der Waals surface area (Å²) in [5.74, 6) is -0.470. The highest BCUT2D eigenvalue weighted by Crippen LogP contribution is 2.18. The molecular weight excluding hydrogens is 292 g/mol. The Kier molecular flexibility index (Phi) is 5.59. The summed E-state index contributed by atoms with van der Waals surface area (Å²) in [7, 11) is 0. The van der Waals surface area contributed by atoms with Crippen LogP contribution in [0.3, 0.4) is 0 Å². The van der Waals surface area contributed by atoms with Crippen molar-refractivity contribution < 1.29 is 14.3 Å². The van der Waals surface area contributed by atoms with Crippen LogP contribution in [0.5, 0.6) is 0 Å². The number of nitrogens with one attached hydrogen (secondary N) is 1. The highest BCUT2D eigenvalue weighted by atomic mass is 35.5. The van der Waals surface area contributed by atoms with Crippen molar-refractivity contribution >= 4 is 23.4 Å². The van der Waals surface area contributed by atoms with Gasteiger partial charge in [-0.3, -0.25) is 9.59 Å². The minimum atomic E-state index is -0.513. The zero-order valence-corrected chi connectivity index (χ0v) is 12.4. The number of rotatable bonds is 6. The van der Waals surface area contributed by atoms with Gasteiger partial charge in [0, 0.05) is 18.0 Å². The number of hydrogen-bond acceptors (Lipinski definition) is 3. The van der Waals surface area contributed by atoms with Crippen LogP contribution in [0.4, 0.5) is 0 Å². The van der Waals surface area contributed by atoms with Crippen LogP contribution >= 0.6 is 11.6 Å². The molecule has 0 aromatic heterocycles. The fraction of sp³-hybridized carbons (Fsp3) is 0.467. The molecule has 3 N–H and O–H groups in total. The highest BCUT2D eigenvalue weighted by Gasteiger charge is 2.29. The first-order valence-electron chi connectivity index (χ1n) is 7.00. The Balaban J connectivity index is 1.66. The molecule has 1 aromatic rings. The highest BCUT2D eigenvalue weighted by molar-refractivity contribution is 6.30. The van der Waals surface area contributed by atoms with Gasteiger partial charge < -0.3 is 15.8 Å².